The molecule has 0 aliphatic carbocycles. The maximum Gasteiger partial charge on any atom is 0.326 e. The van der Waals surface area contributed by atoms with Crippen LogP contribution >= 0.6 is 0 Å². The van der Waals surface area contributed by atoms with Crippen LogP contribution in [0.1, 0.15) is 15.9 Å². The second-order valence-corrected chi connectivity index (χ2v) is 6.63. The highest BCUT2D eigenvalue weighted by Crippen LogP contribution is 2.18. The zero-order chi connectivity index (χ0) is 19.5. The molecule has 4 aromatic rings. The van der Waals surface area contributed by atoms with Crippen molar-refractivity contribution in [1.82, 2.24) is 10.3 Å². The van der Waals surface area contributed by atoms with Crippen LogP contribution in [0, 0.1) is 0 Å². The lowest BCUT2D eigenvalue weighted by Crippen LogP contribution is -2.42. The normalized spacial score (nSPS) is 12.0. The maximum absolute atomic E-state index is 12.8. The first-order valence-electron chi connectivity index (χ1n) is 8.97. The van der Waals surface area contributed by atoms with Gasteiger partial charge in [0, 0.05) is 18.0 Å². The minimum absolute atomic E-state index is 0.199. The molecule has 1 amide bonds. The highest BCUT2D eigenvalue weighted by atomic mass is 16.4. The van der Waals surface area contributed by atoms with Crippen molar-refractivity contribution in [3.8, 4) is 0 Å². The number of para-hydroxylation sites is 1. The van der Waals surface area contributed by atoms with Gasteiger partial charge in [0.25, 0.3) is 5.91 Å². The van der Waals surface area contributed by atoms with Gasteiger partial charge in [-0.1, -0.05) is 60.7 Å². The molecule has 0 aliphatic rings. The summed E-state index contributed by atoms with van der Waals surface area (Å²) in [5.74, 6) is -1.52. The summed E-state index contributed by atoms with van der Waals surface area (Å²) >= 11 is 0. The molecule has 1 atom stereocenters. The van der Waals surface area contributed by atoms with Crippen molar-refractivity contribution in [2.45, 2.75) is 12.5 Å². The summed E-state index contributed by atoms with van der Waals surface area (Å²) in [4.78, 5) is 28.8. The van der Waals surface area contributed by atoms with Crippen LogP contribution < -0.4 is 5.32 Å². The Morgan fingerprint density at radius 1 is 0.893 bits per heavy atom. The van der Waals surface area contributed by atoms with Crippen molar-refractivity contribution < 1.29 is 14.7 Å². The molecule has 138 valence electrons. The highest BCUT2D eigenvalue weighted by Gasteiger charge is 2.22. The average molecular weight is 370 g/mol. The number of amides is 1. The van der Waals surface area contributed by atoms with Crippen LogP contribution in [-0.2, 0) is 11.2 Å². The third-order valence-electron chi connectivity index (χ3n) is 4.73. The first-order chi connectivity index (χ1) is 13.6. The van der Waals surface area contributed by atoms with Gasteiger partial charge in [-0.15, -0.1) is 0 Å². The number of aliphatic carboxylic acids is 1. The number of rotatable bonds is 5. The van der Waals surface area contributed by atoms with E-state index in [-0.39, 0.29) is 6.42 Å². The summed E-state index contributed by atoms with van der Waals surface area (Å²) in [6.07, 6.45) is 1.81. The SMILES string of the molecule is O=C(N[C@H](Cc1ccc2ccccc2c1)C(=O)O)c1cccc2cccnc12. The molecule has 0 bridgehead atoms. The number of nitrogens with zero attached hydrogens (tertiary/aromatic N) is 1. The smallest absolute Gasteiger partial charge is 0.326 e. The molecule has 5 nitrogen and oxygen atoms in total. The molecule has 5 heteroatoms. The van der Waals surface area contributed by atoms with Crippen LogP contribution in [0.15, 0.2) is 79.0 Å². The first-order valence-corrected chi connectivity index (χ1v) is 8.97. The summed E-state index contributed by atoms with van der Waals surface area (Å²) in [5, 5.41) is 15.2. The molecule has 3 aromatic carbocycles. The van der Waals surface area contributed by atoms with Crippen molar-refractivity contribution in [3.63, 3.8) is 0 Å². The average Bonchev–Trinajstić information content (AvgIpc) is 2.72. The van der Waals surface area contributed by atoms with Gasteiger partial charge < -0.3 is 10.4 Å². The minimum atomic E-state index is -1.07. The van der Waals surface area contributed by atoms with Crippen molar-refractivity contribution in [3.05, 3.63) is 90.1 Å². The van der Waals surface area contributed by atoms with Crippen molar-refractivity contribution in [2.24, 2.45) is 0 Å². The fourth-order valence-corrected chi connectivity index (χ4v) is 3.32. The molecule has 2 N–H and O–H groups in total. The summed E-state index contributed by atoms with van der Waals surface area (Å²) in [7, 11) is 0. The van der Waals surface area contributed by atoms with E-state index in [1.54, 1.807) is 24.4 Å². The van der Waals surface area contributed by atoms with Gasteiger partial charge >= 0.3 is 5.97 Å². The van der Waals surface area contributed by atoms with Crippen LogP contribution in [0.25, 0.3) is 21.7 Å². The fraction of sp³-hybridized carbons (Fsp3) is 0.0870. The molecular formula is C23H18N2O3. The van der Waals surface area contributed by atoms with E-state index in [0.717, 1.165) is 21.7 Å². The minimum Gasteiger partial charge on any atom is -0.480 e. The molecule has 4 rings (SSSR count). The molecular weight excluding hydrogens is 352 g/mol. The number of hydrogen-bond acceptors (Lipinski definition) is 3. The van der Waals surface area contributed by atoms with E-state index in [9.17, 15) is 14.7 Å². The van der Waals surface area contributed by atoms with Gasteiger partial charge in [-0.3, -0.25) is 9.78 Å². The largest absolute Gasteiger partial charge is 0.480 e. The quantitative estimate of drug-likeness (QED) is 0.560. The van der Waals surface area contributed by atoms with Crippen LogP contribution in [0.4, 0.5) is 0 Å². The van der Waals surface area contributed by atoms with Crippen molar-refractivity contribution in [2.75, 3.05) is 0 Å². The van der Waals surface area contributed by atoms with Gasteiger partial charge in [0.05, 0.1) is 11.1 Å². The number of carboxylic acids is 1. The van der Waals surface area contributed by atoms with Gasteiger partial charge in [0.15, 0.2) is 0 Å². The molecule has 1 heterocycles. The second kappa shape index (κ2) is 7.48. The third kappa shape index (κ3) is 3.55. The van der Waals surface area contributed by atoms with Crippen LogP contribution in [0.5, 0.6) is 0 Å². The summed E-state index contributed by atoms with van der Waals surface area (Å²) in [5.41, 5.74) is 1.77. The summed E-state index contributed by atoms with van der Waals surface area (Å²) < 4.78 is 0. The van der Waals surface area contributed by atoms with Gasteiger partial charge in [0.2, 0.25) is 0 Å². The van der Waals surface area contributed by atoms with E-state index in [0.29, 0.717) is 11.1 Å². The Labute approximate surface area is 161 Å². The molecule has 1 aromatic heterocycles. The lowest BCUT2D eigenvalue weighted by molar-refractivity contribution is -0.139. The fourth-order valence-electron chi connectivity index (χ4n) is 3.32. The number of hydrogen-bond donors (Lipinski definition) is 2. The van der Waals surface area contributed by atoms with Gasteiger partial charge in [-0.05, 0) is 28.5 Å². The lowest BCUT2D eigenvalue weighted by atomic mass is 10.0. The Bertz CT molecular complexity index is 1180. The Morgan fingerprint density at radius 3 is 2.46 bits per heavy atom. The van der Waals surface area contributed by atoms with Crippen LogP contribution in [-0.4, -0.2) is 28.0 Å². The molecule has 0 saturated carbocycles. The third-order valence-corrected chi connectivity index (χ3v) is 4.73. The van der Waals surface area contributed by atoms with Gasteiger partial charge in [-0.25, -0.2) is 4.79 Å². The van der Waals surface area contributed by atoms with E-state index in [1.165, 1.54) is 0 Å². The molecule has 28 heavy (non-hydrogen) atoms. The topological polar surface area (TPSA) is 79.3 Å². The number of carbonyl (C=O) groups excluding carboxylic acids is 1. The second-order valence-electron chi connectivity index (χ2n) is 6.63. The van der Waals surface area contributed by atoms with E-state index in [2.05, 4.69) is 10.3 Å². The van der Waals surface area contributed by atoms with E-state index < -0.39 is 17.9 Å². The molecule has 0 aliphatic heterocycles. The van der Waals surface area contributed by atoms with Crippen molar-refractivity contribution in [1.29, 1.82) is 0 Å². The molecule has 0 saturated heterocycles. The Morgan fingerprint density at radius 2 is 1.64 bits per heavy atom. The first kappa shape index (κ1) is 17.7. The zero-order valence-corrected chi connectivity index (χ0v) is 15.0. The lowest BCUT2D eigenvalue weighted by Gasteiger charge is -2.16. The number of carbonyl (C=O) groups is 2. The number of aromatic nitrogens is 1. The number of nitrogens with one attached hydrogen (secondary N) is 1. The van der Waals surface area contributed by atoms with Gasteiger partial charge in [0.1, 0.15) is 6.04 Å². The standard InChI is InChI=1S/C23H18N2O3/c26-22(19-9-3-7-17-8-4-12-24-21(17)19)25-20(23(27)28)14-15-10-11-16-5-1-2-6-18(16)13-15/h1-13,20H,14H2,(H,25,26)(H,27,28)/t20-/m1/s1. The van der Waals surface area contributed by atoms with E-state index in [1.807, 2.05) is 54.6 Å². The Kier molecular flexibility index (Phi) is 4.72. The zero-order valence-electron chi connectivity index (χ0n) is 15.0. The van der Waals surface area contributed by atoms with E-state index in [4.69, 9.17) is 0 Å². The Balaban J connectivity index is 1.59. The summed E-state index contributed by atoms with van der Waals surface area (Å²) in [6.45, 7) is 0. The number of fused-ring (bicyclic) bond motifs is 2. The predicted octanol–water partition coefficient (Wildman–Crippen LogP) is 3.81. The number of benzene rings is 3. The van der Waals surface area contributed by atoms with Crippen LogP contribution in [0.2, 0.25) is 0 Å². The number of pyridine rings is 1. The van der Waals surface area contributed by atoms with Crippen LogP contribution in [0.3, 0.4) is 0 Å². The molecule has 0 radical (unpaired) electrons. The van der Waals surface area contributed by atoms with Crippen molar-refractivity contribution >= 4 is 33.6 Å². The Hall–Kier alpha value is -3.73. The molecule has 0 unspecified atom stereocenters. The maximum atomic E-state index is 12.8. The van der Waals surface area contributed by atoms with Gasteiger partial charge in [-0.2, -0.15) is 0 Å². The monoisotopic (exact) mass is 370 g/mol. The number of carboxylic acid groups (broad SMARTS) is 1. The van der Waals surface area contributed by atoms with E-state index >= 15 is 0 Å². The molecule has 0 spiro atoms. The highest BCUT2D eigenvalue weighted by molar-refractivity contribution is 6.06. The predicted molar refractivity (Wildman–Crippen MR) is 108 cm³/mol. The summed E-state index contributed by atoms with van der Waals surface area (Å²) in [6, 6.07) is 21.6. The molecule has 0 fully saturated rings.